The van der Waals surface area contributed by atoms with E-state index in [2.05, 4.69) is 0 Å². The van der Waals surface area contributed by atoms with E-state index in [0.29, 0.717) is 13.0 Å². The zero-order chi connectivity index (χ0) is 13.8. The van der Waals surface area contributed by atoms with E-state index in [1.165, 1.54) is 4.90 Å². The third kappa shape index (κ3) is 5.01. The fourth-order valence-corrected chi connectivity index (χ4v) is 1.86. The average Bonchev–Trinajstić information content (AvgIpc) is 2.58. The lowest BCUT2D eigenvalue weighted by Gasteiger charge is -2.17. The first kappa shape index (κ1) is 14.9. The Balaban J connectivity index is 2.15. The van der Waals surface area contributed by atoms with Gasteiger partial charge in [-0.05, 0) is 26.7 Å². The van der Waals surface area contributed by atoms with Crippen molar-refractivity contribution in [3.8, 4) is 0 Å². The highest BCUT2D eigenvalue weighted by atomic mass is 16.7. The first-order chi connectivity index (χ1) is 8.30. The fraction of sp³-hybridized carbons (Fsp3) is 0.833. The Morgan fingerprint density at radius 1 is 1.56 bits per heavy atom. The summed E-state index contributed by atoms with van der Waals surface area (Å²) in [5, 5.41) is 7.17. The molecule has 3 N–H and O–H groups in total. The third-order valence-electron chi connectivity index (χ3n) is 2.87. The van der Waals surface area contributed by atoms with Crippen molar-refractivity contribution in [3.05, 3.63) is 0 Å². The molecule has 0 spiro atoms. The van der Waals surface area contributed by atoms with Crippen LogP contribution in [0, 0.1) is 5.41 Å². The van der Waals surface area contributed by atoms with Crippen LogP contribution in [0.2, 0.25) is 0 Å². The van der Waals surface area contributed by atoms with Gasteiger partial charge in [0.25, 0.3) is 0 Å². The van der Waals surface area contributed by atoms with Crippen LogP contribution in [-0.2, 0) is 14.3 Å². The van der Waals surface area contributed by atoms with Gasteiger partial charge in [0.1, 0.15) is 0 Å². The number of rotatable bonds is 6. The van der Waals surface area contributed by atoms with Crippen LogP contribution in [0.4, 0.5) is 0 Å². The van der Waals surface area contributed by atoms with Crippen LogP contribution in [-0.4, -0.2) is 48.7 Å². The van der Waals surface area contributed by atoms with Gasteiger partial charge in [0.2, 0.25) is 0 Å². The molecule has 0 aromatic rings. The first-order valence-electron chi connectivity index (χ1n) is 6.19. The van der Waals surface area contributed by atoms with Crippen molar-refractivity contribution in [3.63, 3.8) is 0 Å². The number of nitrogens with two attached hydrogens (primary N) is 1. The van der Waals surface area contributed by atoms with Gasteiger partial charge in [0.05, 0.1) is 19.3 Å². The molecule has 1 atom stereocenters. The van der Waals surface area contributed by atoms with E-state index in [9.17, 15) is 4.79 Å². The molecule has 1 heterocycles. The minimum Gasteiger partial charge on any atom is -0.370 e. The van der Waals surface area contributed by atoms with Gasteiger partial charge in [-0.3, -0.25) is 10.2 Å². The second-order valence-corrected chi connectivity index (χ2v) is 5.12. The number of nitrogens with one attached hydrogen (secondary N) is 1. The van der Waals surface area contributed by atoms with Crippen molar-refractivity contribution in [2.75, 3.05) is 20.2 Å². The lowest BCUT2D eigenvalue weighted by atomic mass is 10.1. The number of ether oxygens (including phenoxy) is 2. The predicted octanol–water partition coefficient (Wildman–Crippen LogP) is 0.703. The normalized spacial score (nSPS) is 21.8. The molecule has 6 heteroatoms. The van der Waals surface area contributed by atoms with E-state index in [4.69, 9.17) is 20.6 Å². The molecule has 1 saturated heterocycles. The summed E-state index contributed by atoms with van der Waals surface area (Å²) < 4.78 is 11.1. The molecule has 1 aliphatic heterocycles. The van der Waals surface area contributed by atoms with Crippen molar-refractivity contribution in [2.24, 2.45) is 5.73 Å². The molecule has 1 fully saturated rings. The maximum atomic E-state index is 11.6. The van der Waals surface area contributed by atoms with Crippen molar-refractivity contribution in [2.45, 2.75) is 45.0 Å². The van der Waals surface area contributed by atoms with Crippen molar-refractivity contribution in [1.82, 2.24) is 4.90 Å². The summed E-state index contributed by atoms with van der Waals surface area (Å²) in [5.74, 6) is -0.493. The Morgan fingerprint density at radius 3 is 2.72 bits per heavy atom. The Bertz CT molecular complexity index is 318. The molecular formula is C12H23N3O3. The Labute approximate surface area is 108 Å². The lowest BCUT2D eigenvalue weighted by Crippen LogP contribution is -2.36. The van der Waals surface area contributed by atoms with E-state index in [1.807, 2.05) is 13.8 Å². The molecule has 6 nitrogen and oxygen atoms in total. The molecular weight excluding hydrogens is 234 g/mol. The maximum Gasteiger partial charge on any atom is 0.188 e. The number of carbonyl (C=O) groups is 1. The van der Waals surface area contributed by atoms with E-state index in [-0.39, 0.29) is 24.4 Å². The molecule has 1 unspecified atom stereocenters. The summed E-state index contributed by atoms with van der Waals surface area (Å²) in [6, 6.07) is 0. The van der Waals surface area contributed by atoms with Crippen LogP contribution in [0.1, 0.15) is 33.1 Å². The van der Waals surface area contributed by atoms with Crippen LogP contribution in [0.3, 0.4) is 0 Å². The number of ketones is 1. The Morgan fingerprint density at radius 2 is 2.22 bits per heavy atom. The van der Waals surface area contributed by atoms with Gasteiger partial charge in [-0.2, -0.15) is 0 Å². The maximum absolute atomic E-state index is 11.6. The molecule has 0 aliphatic carbocycles. The SMILES string of the molecule is CN(CC(=O)CCCC1COC(C)(C)O1)C(=N)N. The minimum absolute atomic E-state index is 0.0818. The minimum atomic E-state index is -0.497. The van der Waals surface area contributed by atoms with Crippen LogP contribution in [0.5, 0.6) is 0 Å². The van der Waals surface area contributed by atoms with Gasteiger partial charge in [0, 0.05) is 13.5 Å². The van der Waals surface area contributed by atoms with Crippen molar-refractivity contribution < 1.29 is 14.3 Å². The van der Waals surface area contributed by atoms with Gasteiger partial charge in [-0.15, -0.1) is 0 Å². The summed E-state index contributed by atoms with van der Waals surface area (Å²) >= 11 is 0. The lowest BCUT2D eigenvalue weighted by molar-refractivity contribution is -0.139. The summed E-state index contributed by atoms with van der Waals surface area (Å²) in [5.41, 5.74) is 5.26. The zero-order valence-corrected chi connectivity index (χ0v) is 11.4. The number of guanidine groups is 1. The molecule has 0 saturated carbocycles. The predicted molar refractivity (Wildman–Crippen MR) is 68.3 cm³/mol. The quantitative estimate of drug-likeness (QED) is 0.540. The second-order valence-electron chi connectivity index (χ2n) is 5.12. The van der Waals surface area contributed by atoms with Gasteiger partial charge >= 0.3 is 0 Å². The van der Waals surface area contributed by atoms with Gasteiger partial charge in [-0.1, -0.05) is 0 Å². The number of hydrogen-bond donors (Lipinski definition) is 2. The molecule has 0 aromatic heterocycles. The molecule has 0 aromatic carbocycles. The van der Waals surface area contributed by atoms with E-state index in [0.717, 1.165) is 12.8 Å². The molecule has 1 aliphatic rings. The van der Waals surface area contributed by atoms with Crippen LogP contribution >= 0.6 is 0 Å². The molecule has 0 bridgehead atoms. The standard InChI is InChI=1S/C12H23N3O3/c1-12(2)17-8-10(18-12)6-4-5-9(16)7-15(3)11(13)14/h10H,4-8H2,1-3H3,(H3,13,14). The van der Waals surface area contributed by atoms with Crippen LogP contribution in [0.25, 0.3) is 0 Å². The third-order valence-corrected chi connectivity index (χ3v) is 2.87. The molecule has 18 heavy (non-hydrogen) atoms. The van der Waals surface area contributed by atoms with Gasteiger partial charge < -0.3 is 20.1 Å². The average molecular weight is 257 g/mol. The largest absolute Gasteiger partial charge is 0.370 e. The van der Waals surface area contributed by atoms with E-state index >= 15 is 0 Å². The van der Waals surface area contributed by atoms with Crippen molar-refractivity contribution >= 4 is 11.7 Å². The van der Waals surface area contributed by atoms with E-state index < -0.39 is 5.79 Å². The highest BCUT2D eigenvalue weighted by Crippen LogP contribution is 2.25. The highest BCUT2D eigenvalue weighted by molar-refractivity contribution is 5.85. The molecule has 0 radical (unpaired) electrons. The first-order valence-corrected chi connectivity index (χ1v) is 6.19. The molecule has 104 valence electrons. The Hall–Kier alpha value is -1.14. The number of likely N-dealkylation sites (N-methyl/N-ethyl adjacent to an activating group) is 1. The number of Topliss-reactive ketones (excluding diaryl/α,β-unsaturated/α-hetero) is 1. The molecule has 0 amide bonds. The number of hydrogen-bond acceptors (Lipinski definition) is 4. The van der Waals surface area contributed by atoms with E-state index in [1.54, 1.807) is 7.05 Å². The van der Waals surface area contributed by atoms with Crippen molar-refractivity contribution in [1.29, 1.82) is 5.41 Å². The van der Waals surface area contributed by atoms with Crippen LogP contribution < -0.4 is 5.73 Å². The molecule has 1 rings (SSSR count). The Kier molecular flexibility index (Phi) is 5.10. The summed E-state index contributed by atoms with van der Waals surface area (Å²) in [4.78, 5) is 13.0. The highest BCUT2D eigenvalue weighted by Gasteiger charge is 2.32. The monoisotopic (exact) mass is 257 g/mol. The van der Waals surface area contributed by atoms with Crippen LogP contribution in [0.15, 0.2) is 0 Å². The zero-order valence-electron chi connectivity index (χ0n) is 11.4. The van der Waals surface area contributed by atoms with Gasteiger partial charge in [0.15, 0.2) is 17.5 Å². The fourth-order valence-electron chi connectivity index (χ4n) is 1.86. The van der Waals surface area contributed by atoms with Gasteiger partial charge in [-0.25, -0.2) is 0 Å². The summed E-state index contributed by atoms with van der Waals surface area (Å²) in [6.07, 6.45) is 2.16. The topological polar surface area (TPSA) is 88.6 Å². The number of carbonyl (C=O) groups excluding carboxylic acids is 1. The number of nitrogens with zero attached hydrogens (tertiary/aromatic N) is 1. The summed E-state index contributed by atoms with van der Waals surface area (Å²) in [6.45, 7) is 4.57. The second kappa shape index (κ2) is 6.15. The summed E-state index contributed by atoms with van der Waals surface area (Å²) in [7, 11) is 1.64. The smallest absolute Gasteiger partial charge is 0.188 e.